The van der Waals surface area contributed by atoms with E-state index in [4.69, 9.17) is 27.9 Å². The van der Waals surface area contributed by atoms with Crippen molar-refractivity contribution < 1.29 is 28.2 Å². The van der Waals surface area contributed by atoms with E-state index in [1.165, 1.54) is 25.3 Å². The molecule has 0 spiro atoms. The van der Waals surface area contributed by atoms with Gasteiger partial charge in [-0.1, -0.05) is 47.5 Å². The number of methoxy groups -OCH3 is 1. The highest BCUT2D eigenvalue weighted by Gasteiger charge is 2.47. The number of Topliss-reactive ketones (excluding diaryl/α,β-unsaturated/α-hetero) is 1. The van der Waals surface area contributed by atoms with E-state index in [1.807, 2.05) is 0 Å². The summed E-state index contributed by atoms with van der Waals surface area (Å²) >= 11 is 12.3. The SMILES string of the molecule is COc1c(Cl)cc(Cl)cc1/C(O)=C1\C(=O)C(=O)N(c2ccc(F)c(F)c2)C1c1ccccc1C. The highest BCUT2D eigenvalue weighted by molar-refractivity contribution is 6.52. The Bertz CT molecular complexity index is 1370. The number of aliphatic hydroxyl groups excluding tert-OH is 1. The Hall–Kier alpha value is -3.42. The van der Waals surface area contributed by atoms with Crippen LogP contribution in [0.1, 0.15) is 22.7 Å². The highest BCUT2D eigenvalue weighted by atomic mass is 35.5. The van der Waals surface area contributed by atoms with E-state index >= 15 is 0 Å². The molecular formula is C25H17Cl2F2NO4. The molecule has 34 heavy (non-hydrogen) atoms. The molecule has 3 aromatic rings. The maximum Gasteiger partial charge on any atom is 0.300 e. The third-order valence-electron chi connectivity index (χ3n) is 5.58. The lowest BCUT2D eigenvalue weighted by Gasteiger charge is -2.27. The summed E-state index contributed by atoms with van der Waals surface area (Å²) in [6.45, 7) is 1.76. The minimum Gasteiger partial charge on any atom is -0.507 e. The predicted octanol–water partition coefficient (Wildman–Crippen LogP) is 6.21. The van der Waals surface area contributed by atoms with Crippen molar-refractivity contribution in [3.8, 4) is 5.75 Å². The lowest BCUT2D eigenvalue weighted by Crippen LogP contribution is -2.30. The molecule has 1 aliphatic heterocycles. The van der Waals surface area contributed by atoms with Crippen molar-refractivity contribution in [2.45, 2.75) is 13.0 Å². The molecule has 0 aromatic heterocycles. The van der Waals surface area contributed by atoms with Crippen molar-refractivity contribution >= 4 is 46.3 Å². The number of ketones is 1. The summed E-state index contributed by atoms with van der Waals surface area (Å²) in [7, 11) is 1.32. The fraction of sp³-hybridized carbons (Fsp3) is 0.120. The smallest absolute Gasteiger partial charge is 0.300 e. The molecular weight excluding hydrogens is 487 g/mol. The fourth-order valence-electron chi connectivity index (χ4n) is 4.01. The lowest BCUT2D eigenvalue weighted by atomic mass is 9.92. The largest absolute Gasteiger partial charge is 0.507 e. The van der Waals surface area contributed by atoms with Gasteiger partial charge < -0.3 is 9.84 Å². The van der Waals surface area contributed by atoms with E-state index in [-0.39, 0.29) is 32.6 Å². The molecule has 0 saturated carbocycles. The number of carbonyl (C=O) groups excluding carboxylic acids is 2. The van der Waals surface area contributed by atoms with Gasteiger partial charge in [-0.2, -0.15) is 0 Å². The van der Waals surface area contributed by atoms with Gasteiger partial charge >= 0.3 is 0 Å². The topological polar surface area (TPSA) is 66.8 Å². The van der Waals surface area contributed by atoms with Gasteiger partial charge in [-0.15, -0.1) is 0 Å². The Morgan fingerprint density at radius 1 is 1.03 bits per heavy atom. The fourth-order valence-corrected chi connectivity index (χ4v) is 4.58. The molecule has 0 radical (unpaired) electrons. The number of amides is 1. The third kappa shape index (κ3) is 3.91. The molecule has 1 saturated heterocycles. The number of hydrogen-bond acceptors (Lipinski definition) is 4. The Balaban J connectivity index is 2.04. The summed E-state index contributed by atoms with van der Waals surface area (Å²) in [5, 5.41) is 11.5. The Kier molecular flexibility index (Phi) is 6.34. The lowest BCUT2D eigenvalue weighted by molar-refractivity contribution is -0.132. The standard InChI is InChI=1S/C25H17Cl2F2NO4/c1-12-5-3-4-6-15(12)21-20(22(31)16-9-13(26)10-17(27)24(16)34-2)23(32)25(33)30(21)14-7-8-18(28)19(29)11-14/h3-11,21,31H,1-2H3/b22-20+. The van der Waals surface area contributed by atoms with Crippen LogP contribution >= 0.6 is 23.2 Å². The summed E-state index contributed by atoms with van der Waals surface area (Å²) in [6, 6.07) is 11.4. The average Bonchev–Trinajstić information content (AvgIpc) is 3.05. The van der Waals surface area contributed by atoms with Crippen LogP contribution < -0.4 is 9.64 Å². The van der Waals surface area contributed by atoms with Crippen molar-refractivity contribution in [3.05, 3.63) is 98.5 Å². The van der Waals surface area contributed by atoms with Gasteiger partial charge in [0.15, 0.2) is 11.6 Å². The van der Waals surface area contributed by atoms with Gasteiger partial charge in [0.25, 0.3) is 11.7 Å². The molecule has 3 aromatic carbocycles. The number of rotatable bonds is 4. The van der Waals surface area contributed by atoms with E-state index < -0.39 is 35.1 Å². The van der Waals surface area contributed by atoms with Gasteiger partial charge in [-0.05, 0) is 42.3 Å². The molecule has 0 bridgehead atoms. The zero-order valence-electron chi connectivity index (χ0n) is 17.9. The molecule has 1 amide bonds. The first-order chi connectivity index (χ1) is 16.1. The number of hydrogen-bond donors (Lipinski definition) is 1. The van der Waals surface area contributed by atoms with Crippen LogP contribution in [0.25, 0.3) is 5.76 Å². The number of nitrogens with zero attached hydrogens (tertiary/aromatic N) is 1. The Morgan fingerprint density at radius 3 is 2.38 bits per heavy atom. The first kappa shape index (κ1) is 23.7. The molecule has 1 atom stereocenters. The molecule has 1 unspecified atom stereocenters. The number of halogens is 4. The maximum atomic E-state index is 14.1. The van der Waals surface area contributed by atoms with Crippen molar-refractivity contribution in [3.63, 3.8) is 0 Å². The second-order valence-electron chi connectivity index (χ2n) is 7.59. The second kappa shape index (κ2) is 9.08. The number of benzene rings is 3. The molecule has 0 aliphatic carbocycles. The van der Waals surface area contributed by atoms with Crippen LogP contribution in [-0.4, -0.2) is 23.9 Å². The third-order valence-corrected chi connectivity index (χ3v) is 6.08. The Labute approximate surface area is 203 Å². The van der Waals surface area contributed by atoms with Crippen LogP contribution in [0.4, 0.5) is 14.5 Å². The van der Waals surface area contributed by atoms with Crippen LogP contribution in [-0.2, 0) is 9.59 Å². The molecule has 1 N–H and O–H groups in total. The van der Waals surface area contributed by atoms with Gasteiger partial charge in [-0.3, -0.25) is 14.5 Å². The summed E-state index contributed by atoms with van der Waals surface area (Å²) in [5.41, 5.74) is 0.871. The van der Waals surface area contributed by atoms with Gasteiger partial charge in [0.1, 0.15) is 11.5 Å². The first-order valence-corrected chi connectivity index (χ1v) is 10.8. The predicted molar refractivity (Wildman–Crippen MR) is 125 cm³/mol. The van der Waals surface area contributed by atoms with Crippen molar-refractivity contribution in [2.24, 2.45) is 0 Å². The number of aliphatic hydroxyl groups is 1. The molecule has 1 aliphatic rings. The molecule has 1 heterocycles. The number of anilines is 1. The quantitative estimate of drug-likeness (QED) is 0.261. The van der Waals surface area contributed by atoms with Crippen molar-refractivity contribution in [1.82, 2.24) is 0 Å². The number of carbonyl (C=O) groups is 2. The van der Waals surface area contributed by atoms with Gasteiger partial charge in [0.2, 0.25) is 0 Å². The highest BCUT2D eigenvalue weighted by Crippen LogP contribution is 2.45. The van der Waals surface area contributed by atoms with E-state index in [9.17, 15) is 23.5 Å². The van der Waals surface area contributed by atoms with Crippen LogP contribution in [0.15, 0.2) is 60.2 Å². The first-order valence-electron chi connectivity index (χ1n) is 10.0. The zero-order chi connectivity index (χ0) is 24.7. The summed E-state index contributed by atoms with van der Waals surface area (Å²) in [6.07, 6.45) is 0. The average molecular weight is 504 g/mol. The van der Waals surface area contributed by atoms with E-state index in [1.54, 1.807) is 31.2 Å². The van der Waals surface area contributed by atoms with Crippen LogP contribution in [0.5, 0.6) is 5.75 Å². The normalized spacial score (nSPS) is 17.4. The van der Waals surface area contributed by atoms with Crippen LogP contribution in [0, 0.1) is 18.6 Å². The monoisotopic (exact) mass is 503 g/mol. The second-order valence-corrected chi connectivity index (χ2v) is 8.44. The van der Waals surface area contributed by atoms with Crippen LogP contribution in [0.3, 0.4) is 0 Å². The maximum absolute atomic E-state index is 14.1. The van der Waals surface area contributed by atoms with Gasteiger partial charge in [-0.25, -0.2) is 8.78 Å². The number of ether oxygens (including phenoxy) is 1. The number of aryl methyl sites for hydroxylation is 1. The zero-order valence-corrected chi connectivity index (χ0v) is 19.4. The van der Waals surface area contributed by atoms with E-state index in [2.05, 4.69) is 0 Å². The van der Waals surface area contributed by atoms with E-state index in [0.29, 0.717) is 11.1 Å². The van der Waals surface area contributed by atoms with Crippen LogP contribution in [0.2, 0.25) is 10.0 Å². The summed E-state index contributed by atoms with van der Waals surface area (Å²) < 4.78 is 33.0. The van der Waals surface area contributed by atoms with Crippen molar-refractivity contribution in [1.29, 1.82) is 0 Å². The van der Waals surface area contributed by atoms with Crippen molar-refractivity contribution in [2.75, 3.05) is 12.0 Å². The molecule has 174 valence electrons. The van der Waals surface area contributed by atoms with Gasteiger partial charge in [0, 0.05) is 16.8 Å². The molecule has 9 heteroatoms. The van der Waals surface area contributed by atoms with Gasteiger partial charge in [0.05, 0.1) is 29.3 Å². The minimum atomic E-state index is -1.19. The molecule has 5 nitrogen and oxygen atoms in total. The Morgan fingerprint density at radius 2 is 1.74 bits per heavy atom. The molecule has 4 rings (SSSR count). The summed E-state index contributed by atoms with van der Waals surface area (Å²) in [5.74, 6) is -4.86. The summed E-state index contributed by atoms with van der Waals surface area (Å²) in [4.78, 5) is 27.4. The van der Waals surface area contributed by atoms with E-state index in [0.717, 1.165) is 17.0 Å². The minimum absolute atomic E-state index is 0.00173. The molecule has 1 fully saturated rings.